The summed E-state index contributed by atoms with van der Waals surface area (Å²) in [4.78, 5) is 6.01. The van der Waals surface area contributed by atoms with Crippen LogP contribution in [0, 0.1) is 6.42 Å². The molecule has 1 aromatic rings. The molecule has 0 spiro atoms. The Hall–Kier alpha value is -0.402. The fourth-order valence-electron chi connectivity index (χ4n) is 0.844. The molecule has 0 aliphatic rings. The third-order valence-electron chi connectivity index (χ3n) is 1.48. The van der Waals surface area contributed by atoms with Gasteiger partial charge in [-0.1, -0.05) is 6.07 Å². The molecule has 1 heterocycles. The van der Waals surface area contributed by atoms with Crippen molar-refractivity contribution in [1.29, 1.82) is 0 Å². The molecule has 0 bridgehead atoms. The van der Waals surface area contributed by atoms with E-state index < -0.39 is 0 Å². The SMILES string of the molecule is CN(CCO)c1ccccn1.C[CH-]C.[W]. The zero-order valence-electron chi connectivity index (χ0n) is 9.55. The molecule has 0 aliphatic heterocycles. The molecule has 15 heavy (non-hydrogen) atoms. The van der Waals surface area contributed by atoms with E-state index in [1.807, 2.05) is 50.4 Å². The Kier molecular flexibility index (Phi) is 13.2. The number of nitrogens with zero attached hydrogens (tertiary/aromatic N) is 2. The summed E-state index contributed by atoms with van der Waals surface area (Å²) >= 11 is 0. The molecule has 0 aromatic carbocycles. The zero-order valence-corrected chi connectivity index (χ0v) is 12.5. The minimum absolute atomic E-state index is 0. The maximum absolute atomic E-state index is 8.63. The Morgan fingerprint density at radius 2 is 2.00 bits per heavy atom. The number of hydrogen-bond acceptors (Lipinski definition) is 3. The summed E-state index contributed by atoms with van der Waals surface area (Å²) in [6.45, 7) is 4.78. The summed E-state index contributed by atoms with van der Waals surface area (Å²) in [7, 11) is 1.90. The van der Waals surface area contributed by atoms with Crippen LogP contribution in [0.1, 0.15) is 13.8 Å². The van der Waals surface area contributed by atoms with Gasteiger partial charge in [0.1, 0.15) is 5.82 Å². The van der Waals surface area contributed by atoms with Gasteiger partial charge in [-0.25, -0.2) is 4.98 Å². The van der Waals surface area contributed by atoms with Gasteiger partial charge in [0.25, 0.3) is 0 Å². The van der Waals surface area contributed by atoms with Crippen molar-refractivity contribution in [3.8, 4) is 0 Å². The van der Waals surface area contributed by atoms with Crippen LogP contribution in [0.4, 0.5) is 5.82 Å². The first-order valence-electron chi connectivity index (χ1n) is 4.73. The van der Waals surface area contributed by atoms with Gasteiger partial charge < -0.3 is 16.4 Å². The Bertz CT molecular complexity index is 219. The van der Waals surface area contributed by atoms with Crippen LogP contribution in [-0.2, 0) is 21.1 Å². The Morgan fingerprint density at radius 1 is 1.40 bits per heavy atom. The van der Waals surface area contributed by atoms with E-state index in [4.69, 9.17) is 5.11 Å². The van der Waals surface area contributed by atoms with Gasteiger partial charge in [0.15, 0.2) is 0 Å². The van der Waals surface area contributed by atoms with Gasteiger partial charge in [0.05, 0.1) is 6.61 Å². The molecule has 3 nitrogen and oxygen atoms in total. The minimum Gasteiger partial charge on any atom is -0.395 e. The average molecular weight is 379 g/mol. The molecule has 0 aliphatic carbocycles. The van der Waals surface area contributed by atoms with Crippen molar-refractivity contribution in [3.05, 3.63) is 30.8 Å². The summed E-state index contributed by atoms with van der Waals surface area (Å²) in [5, 5.41) is 8.63. The molecule has 0 saturated heterocycles. The van der Waals surface area contributed by atoms with Crippen LogP contribution < -0.4 is 4.90 Å². The first-order valence-corrected chi connectivity index (χ1v) is 4.73. The normalized spacial score (nSPS) is 8.27. The standard InChI is InChI=1S/C8H12N2O.C3H7.W/c1-10(6-7-11)8-4-2-3-5-9-8;1-3-2;/h2-5,11H,6-7H2,1H3;3H,1-2H3;/q;-1;. The number of anilines is 1. The topological polar surface area (TPSA) is 36.4 Å². The van der Waals surface area contributed by atoms with Crippen LogP contribution >= 0.6 is 0 Å². The van der Waals surface area contributed by atoms with E-state index in [2.05, 4.69) is 4.98 Å². The second kappa shape index (κ2) is 11.7. The molecular formula is C11H19N2OW-. The molecule has 0 saturated carbocycles. The summed E-state index contributed by atoms with van der Waals surface area (Å²) in [5.41, 5.74) is 0. The molecule has 0 atom stereocenters. The van der Waals surface area contributed by atoms with E-state index in [1.165, 1.54) is 0 Å². The van der Waals surface area contributed by atoms with Crippen LogP contribution in [0.2, 0.25) is 0 Å². The van der Waals surface area contributed by atoms with Crippen LogP contribution in [0.3, 0.4) is 0 Å². The molecule has 1 N–H and O–H groups in total. The van der Waals surface area contributed by atoms with E-state index >= 15 is 0 Å². The van der Waals surface area contributed by atoms with Gasteiger partial charge in [-0.3, -0.25) is 0 Å². The first-order chi connectivity index (χ1) is 6.76. The second-order valence-electron chi connectivity index (χ2n) is 2.91. The van der Waals surface area contributed by atoms with Crippen molar-refractivity contribution in [2.45, 2.75) is 13.8 Å². The predicted molar refractivity (Wildman–Crippen MR) is 60.2 cm³/mol. The van der Waals surface area contributed by atoms with Gasteiger partial charge >= 0.3 is 0 Å². The quantitative estimate of drug-likeness (QED) is 0.814. The Labute approximate surface area is 107 Å². The second-order valence-corrected chi connectivity index (χ2v) is 2.91. The molecule has 1 aromatic heterocycles. The number of likely N-dealkylation sites (N-methyl/N-ethyl adjacent to an activating group) is 1. The van der Waals surface area contributed by atoms with E-state index in [-0.39, 0.29) is 27.7 Å². The molecule has 1 rings (SSSR count). The van der Waals surface area contributed by atoms with Gasteiger partial charge in [-0.2, -0.15) is 13.8 Å². The zero-order chi connectivity index (χ0) is 10.8. The van der Waals surface area contributed by atoms with Crippen molar-refractivity contribution in [3.63, 3.8) is 0 Å². The van der Waals surface area contributed by atoms with Crippen molar-refractivity contribution in [2.24, 2.45) is 0 Å². The van der Waals surface area contributed by atoms with Crippen molar-refractivity contribution >= 4 is 5.82 Å². The monoisotopic (exact) mass is 379 g/mol. The van der Waals surface area contributed by atoms with E-state index in [0.29, 0.717) is 6.54 Å². The molecule has 0 radical (unpaired) electrons. The van der Waals surface area contributed by atoms with Crippen molar-refractivity contribution < 1.29 is 26.2 Å². The fourth-order valence-corrected chi connectivity index (χ4v) is 0.844. The molecule has 0 unspecified atom stereocenters. The number of aliphatic hydroxyl groups is 1. The van der Waals surface area contributed by atoms with Gasteiger partial charge in [-0.15, -0.1) is 0 Å². The number of rotatable bonds is 3. The van der Waals surface area contributed by atoms with E-state index in [0.717, 1.165) is 5.82 Å². The smallest absolute Gasteiger partial charge is 0.128 e. The molecular weight excluding hydrogens is 360 g/mol. The average Bonchev–Trinajstić information content (AvgIpc) is 2.21. The summed E-state index contributed by atoms with van der Waals surface area (Å²) < 4.78 is 0. The third kappa shape index (κ3) is 8.58. The predicted octanol–water partition coefficient (Wildman–Crippen LogP) is 1.74. The van der Waals surface area contributed by atoms with E-state index in [1.54, 1.807) is 6.20 Å². The fraction of sp³-hybridized carbons (Fsp3) is 0.455. The number of aromatic nitrogens is 1. The van der Waals surface area contributed by atoms with Crippen molar-refractivity contribution in [1.82, 2.24) is 4.98 Å². The minimum atomic E-state index is 0. The van der Waals surface area contributed by atoms with Gasteiger partial charge in [0.2, 0.25) is 0 Å². The summed E-state index contributed by atoms with van der Waals surface area (Å²) in [6.07, 6.45) is 3.74. The maximum Gasteiger partial charge on any atom is 0.128 e. The molecule has 0 fully saturated rings. The Morgan fingerprint density at radius 3 is 2.40 bits per heavy atom. The van der Waals surface area contributed by atoms with Gasteiger partial charge in [0, 0.05) is 40.9 Å². The largest absolute Gasteiger partial charge is 0.395 e. The summed E-state index contributed by atoms with van der Waals surface area (Å²) in [5.74, 6) is 0.890. The number of pyridine rings is 1. The van der Waals surface area contributed by atoms with Crippen LogP contribution in [0.15, 0.2) is 24.4 Å². The molecule has 4 heteroatoms. The van der Waals surface area contributed by atoms with Crippen LogP contribution in [0.25, 0.3) is 0 Å². The van der Waals surface area contributed by atoms with Crippen LogP contribution in [-0.4, -0.2) is 30.3 Å². The molecule has 0 amide bonds. The van der Waals surface area contributed by atoms with Crippen LogP contribution in [0.5, 0.6) is 0 Å². The Balaban J connectivity index is 0. The maximum atomic E-state index is 8.63. The molecule has 86 valence electrons. The van der Waals surface area contributed by atoms with Gasteiger partial charge in [-0.05, 0) is 12.1 Å². The number of hydrogen-bond donors (Lipinski definition) is 1. The third-order valence-corrected chi connectivity index (χ3v) is 1.48. The first kappa shape index (κ1) is 17.0. The summed E-state index contributed by atoms with van der Waals surface area (Å²) in [6, 6.07) is 5.71. The van der Waals surface area contributed by atoms with Crippen molar-refractivity contribution in [2.75, 3.05) is 25.1 Å². The number of aliphatic hydroxyl groups excluding tert-OH is 1. The van der Waals surface area contributed by atoms with E-state index in [9.17, 15) is 0 Å².